The average molecular weight is 320 g/mol. The van der Waals surface area contributed by atoms with Crippen LogP contribution in [-0.2, 0) is 19.7 Å². The summed E-state index contributed by atoms with van der Waals surface area (Å²) in [7, 11) is -2.19. The summed E-state index contributed by atoms with van der Waals surface area (Å²) >= 11 is 0. The fourth-order valence-electron chi connectivity index (χ4n) is 2.88. The lowest BCUT2D eigenvalue weighted by Gasteiger charge is -2.38. The number of nitrogens with zero attached hydrogens (tertiary/aromatic N) is 2. The van der Waals surface area contributed by atoms with Gasteiger partial charge in [0.15, 0.2) is 0 Å². The molecular weight excluding hydrogens is 296 g/mol. The summed E-state index contributed by atoms with van der Waals surface area (Å²) in [4.78, 5) is 11.5. The van der Waals surface area contributed by atoms with E-state index in [1.54, 1.807) is 0 Å². The average Bonchev–Trinajstić information content (AvgIpc) is 2.49. The molecule has 2 heterocycles. The van der Waals surface area contributed by atoms with Crippen LogP contribution in [0.3, 0.4) is 0 Å². The Morgan fingerprint density at radius 2 is 1.71 bits per heavy atom. The number of aliphatic hydroxyl groups is 1. The van der Waals surface area contributed by atoms with Crippen LogP contribution in [-0.4, -0.2) is 67.5 Å². The second kappa shape index (κ2) is 6.60. The molecule has 21 heavy (non-hydrogen) atoms. The number of hydrogen-bond acceptors (Lipinski definition) is 5. The zero-order valence-electron chi connectivity index (χ0n) is 12.6. The molecule has 0 bridgehead atoms. The van der Waals surface area contributed by atoms with E-state index < -0.39 is 16.3 Å². The highest BCUT2D eigenvalue weighted by atomic mass is 32.2. The first-order valence-corrected chi connectivity index (χ1v) is 8.77. The fraction of sp³-hybridized carbons (Fsp3) is 0.923. The van der Waals surface area contributed by atoms with Crippen LogP contribution in [0.1, 0.15) is 26.2 Å². The number of esters is 1. The first-order valence-electron chi connectivity index (χ1n) is 7.37. The molecule has 0 radical (unpaired) electrons. The molecule has 2 aliphatic heterocycles. The van der Waals surface area contributed by atoms with Crippen LogP contribution in [0.15, 0.2) is 0 Å². The van der Waals surface area contributed by atoms with Gasteiger partial charge in [-0.25, -0.2) is 0 Å². The van der Waals surface area contributed by atoms with Gasteiger partial charge in [0.25, 0.3) is 10.2 Å². The maximum Gasteiger partial charge on any atom is 0.308 e. The van der Waals surface area contributed by atoms with Gasteiger partial charge in [-0.05, 0) is 25.2 Å². The SMILES string of the molecule is COC(=O)C1CCN(S(=O)(=O)N2CCC(C)C(O)C2)CC1. The van der Waals surface area contributed by atoms with Gasteiger partial charge in [0.2, 0.25) is 0 Å². The molecule has 2 saturated heterocycles. The topological polar surface area (TPSA) is 87.2 Å². The Kier molecular flexibility index (Phi) is 5.24. The van der Waals surface area contributed by atoms with Crippen molar-refractivity contribution in [3.8, 4) is 0 Å². The minimum Gasteiger partial charge on any atom is -0.469 e. The molecular formula is C13H24N2O5S. The van der Waals surface area contributed by atoms with Crippen molar-refractivity contribution in [2.75, 3.05) is 33.3 Å². The molecule has 8 heteroatoms. The maximum absolute atomic E-state index is 12.6. The van der Waals surface area contributed by atoms with Gasteiger partial charge in [-0.1, -0.05) is 6.92 Å². The predicted molar refractivity (Wildman–Crippen MR) is 76.6 cm³/mol. The Morgan fingerprint density at radius 3 is 2.24 bits per heavy atom. The normalized spacial score (nSPS) is 30.2. The number of ether oxygens (including phenoxy) is 1. The maximum atomic E-state index is 12.6. The lowest BCUT2D eigenvalue weighted by molar-refractivity contribution is -0.146. The molecule has 2 aliphatic rings. The molecule has 0 spiro atoms. The van der Waals surface area contributed by atoms with Crippen molar-refractivity contribution in [3.63, 3.8) is 0 Å². The van der Waals surface area contributed by atoms with Gasteiger partial charge in [-0.2, -0.15) is 17.0 Å². The molecule has 1 N–H and O–H groups in total. The molecule has 0 aliphatic carbocycles. The van der Waals surface area contributed by atoms with Gasteiger partial charge >= 0.3 is 5.97 Å². The van der Waals surface area contributed by atoms with Crippen molar-refractivity contribution in [2.45, 2.75) is 32.3 Å². The van der Waals surface area contributed by atoms with Crippen LogP contribution in [0.4, 0.5) is 0 Å². The van der Waals surface area contributed by atoms with E-state index in [9.17, 15) is 18.3 Å². The molecule has 2 atom stereocenters. The van der Waals surface area contributed by atoms with Gasteiger partial charge in [0, 0.05) is 26.2 Å². The third-order valence-corrected chi connectivity index (χ3v) is 6.52. The fourth-order valence-corrected chi connectivity index (χ4v) is 4.56. The molecule has 2 unspecified atom stereocenters. The van der Waals surface area contributed by atoms with Crippen LogP contribution in [0.2, 0.25) is 0 Å². The zero-order chi connectivity index (χ0) is 15.6. The van der Waals surface area contributed by atoms with E-state index in [0.717, 1.165) is 0 Å². The van der Waals surface area contributed by atoms with Gasteiger partial charge in [-0.15, -0.1) is 0 Å². The minimum absolute atomic E-state index is 0.126. The highest BCUT2D eigenvalue weighted by Gasteiger charge is 2.38. The number of hydrogen-bond donors (Lipinski definition) is 1. The Balaban J connectivity index is 1.97. The molecule has 2 rings (SSSR count). The van der Waals surface area contributed by atoms with Crippen molar-refractivity contribution in [1.29, 1.82) is 0 Å². The standard InChI is InChI=1S/C13H24N2O5S/c1-10-3-6-15(9-12(10)16)21(18,19)14-7-4-11(5-8-14)13(17)20-2/h10-12,16H,3-9H2,1-2H3. The summed E-state index contributed by atoms with van der Waals surface area (Å²) in [5.74, 6) is -0.357. The van der Waals surface area contributed by atoms with Gasteiger partial charge < -0.3 is 9.84 Å². The second-order valence-corrected chi connectivity index (χ2v) is 7.82. The van der Waals surface area contributed by atoms with Crippen LogP contribution < -0.4 is 0 Å². The number of piperidine rings is 2. The second-order valence-electron chi connectivity index (χ2n) is 5.90. The first-order chi connectivity index (χ1) is 9.86. The Hall–Kier alpha value is -0.700. The molecule has 2 fully saturated rings. The highest BCUT2D eigenvalue weighted by Crippen LogP contribution is 2.25. The molecule has 0 amide bonds. The van der Waals surface area contributed by atoms with E-state index in [1.165, 1.54) is 15.7 Å². The number of aliphatic hydroxyl groups excluding tert-OH is 1. The van der Waals surface area contributed by atoms with E-state index in [4.69, 9.17) is 4.74 Å². The Labute approximate surface area is 126 Å². The summed E-state index contributed by atoms with van der Waals surface area (Å²) < 4.78 is 32.6. The number of rotatable bonds is 3. The first kappa shape index (κ1) is 16.7. The quantitative estimate of drug-likeness (QED) is 0.729. The van der Waals surface area contributed by atoms with E-state index >= 15 is 0 Å². The monoisotopic (exact) mass is 320 g/mol. The number of methoxy groups -OCH3 is 1. The van der Waals surface area contributed by atoms with E-state index in [-0.39, 0.29) is 24.3 Å². The van der Waals surface area contributed by atoms with E-state index in [0.29, 0.717) is 38.9 Å². The van der Waals surface area contributed by atoms with Gasteiger partial charge in [0.05, 0.1) is 19.1 Å². The molecule has 7 nitrogen and oxygen atoms in total. The van der Waals surface area contributed by atoms with Crippen LogP contribution in [0.25, 0.3) is 0 Å². The number of carbonyl (C=O) groups excluding carboxylic acids is 1. The van der Waals surface area contributed by atoms with Crippen molar-refractivity contribution in [2.24, 2.45) is 11.8 Å². The van der Waals surface area contributed by atoms with Gasteiger partial charge in [0.1, 0.15) is 0 Å². The number of carbonyl (C=O) groups is 1. The smallest absolute Gasteiger partial charge is 0.308 e. The summed E-state index contributed by atoms with van der Waals surface area (Å²) in [6.07, 6.45) is 1.03. The predicted octanol–water partition coefficient (Wildman–Crippen LogP) is -0.181. The minimum atomic E-state index is -3.54. The van der Waals surface area contributed by atoms with E-state index in [1.807, 2.05) is 6.92 Å². The largest absolute Gasteiger partial charge is 0.469 e. The molecule has 0 saturated carbocycles. The van der Waals surface area contributed by atoms with Crippen LogP contribution >= 0.6 is 0 Å². The summed E-state index contributed by atoms with van der Waals surface area (Å²) in [5, 5.41) is 9.87. The molecule has 0 aromatic heterocycles. The van der Waals surface area contributed by atoms with E-state index in [2.05, 4.69) is 0 Å². The van der Waals surface area contributed by atoms with Crippen molar-refractivity contribution >= 4 is 16.2 Å². The van der Waals surface area contributed by atoms with Crippen LogP contribution in [0, 0.1) is 11.8 Å². The lowest BCUT2D eigenvalue weighted by Crippen LogP contribution is -2.53. The summed E-state index contributed by atoms with van der Waals surface area (Å²) in [6, 6.07) is 0. The Bertz CT molecular complexity index is 473. The van der Waals surface area contributed by atoms with Crippen molar-refractivity contribution in [3.05, 3.63) is 0 Å². The van der Waals surface area contributed by atoms with Crippen molar-refractivity contribution < 1.29 is 23.1 Å². The highest BCUT2D eigenvalue weighted by molar-refractivity contribution is 7.86. The van der Waals surface area contributed by atoms with Gasteiger partial charge in [-0.3, -0.25) is 4.79 Å². The Morgan fingerprint density at radius 1 is 1.14 bits per heavy atom. The lowest BCUT2D eigenvalue weighted by atomic mass is 9.98. The molecule has 122 valence electrons. The summed E-state index contributed by atoms with van der Waals surface area (Å²) in [6.45, 7) is 3.17. The number of β-amino-alcohol motifs (C(OH)–C–C–N with tert-alkyl or cyclic N) is 1. The molecule has 0 aromatic carbocycles. The van der Waals surface area contributed by atoms with Crippen molar-refractivity contribution in [1.82, 2.24) is 8.61 Å². The van der Waals surface area contributed by atoms with Crippen LogP contribution in [0.5, 0.6) is 0 Å². The third kappa shape index (κ3) is 3.56. The summed E-state index contributed by atoms with van der Waals surface area (Å²) in [5.41, 5.74) is 0. The molecule has 0 aromatic rings. The zero-order valence-corrected chi connectivity index (χ0v) is 13.4. The third-order valence-electron chi connectivity index (χ3n) is 4.52.